The van der Waals surface area contributed by atoms with Crippen molar-refractivity contribution in [1.82, 2.24) is 9.55 Å². The van der Waals surface area contributed by atoms with Crippen LogP contribution in [0.1, 0.15) is 11.8 Å². The van der Waals surface area contributed by atoms with Crippen LogP contribution < -0.4 is 11.2 Å². The monoisotopic (exact) mass is 334 g/mol. The molecule has 1 aromatic rings. The van der Waals surface area contributed by atoms with Crippen molar-refractivity contribution >= 4 is 33.8 Å². The number of hydrogen-bond donors (Lipinski definition) is 2. The van der Waals surface area contributed by atoms with Crippen molar-refractivity contribution in [3.8, 4) is 0 Å². The maximum atomic E-state index is 11.7. The second kappa shape index (κ2) is 5.87. The summed E-state index contributed by atoms with van der Waals surface area (Å²) in [6.45, 7) is -0.104. The van der Waals surface area contributed by atoms with Crippen molar-refractivity contribution in [2.24, 2.45) is 0 Å². The average Bonchev–Trinajstić information content (AvgIpc) is 2.81. The van der Waals surface area contributed by atoms with E-state index in [0.29, 0.717) is 11.3 Å². The van der Waals surface area contributed by atoms with Crippen LogP contribution in [0.25, 0.3) is 6.08 Å². The lowest BCUT2D eigenvalue weighted by Gasteiger charge is -2.13. The zero-order valence-electron chi connectivity index (χ0n) is 9.21. The third-order valence-corrected chi connectivity index (χ3v) is 3.80. The topological polar surface area (TPSA) is 84.3 Å². The number of aliphatic hydroxyl groups is 1. The van der Waals surface area contributed by atoms with E-state index in [1.807, 2.05) is 0 Å². The number of nitrogens with one attached hydrogen (secondary N) is 1. The van der Waals surface area contributed by atoms with Crippen LogP contribution in [-0.2, 0) is 4.74 Å². The molecule has 18 heavy (non-hydrogen) atoms. The van der Waals surface area contributed by atoms with Crippen LogP contribution in [0.15, 0.2) is 20.8 Å². The van der Waals surface area contributed by atoms with Gasteiger partial charge in [-0.2, -0.15) is 0 Å². The van der Waals surface area contributed by atoms with Crippen molar-refractivity contribution in [2.75, 3.05) is 12.4 Å². The average molecular weight is 335 g/mol. The maximum Gasteiger partial charge on any atom is 0.330 e. The zero-order chi connectivity index (χ0) is 13.1. The number of aromatic nitrogens is 2. The Morgan fingerprint density at radius 3 is 3.06 bits per heavy atom. The number of aliphatic hydroxyl groups excluding tert-OH is 1. The molecule has 2 rings (SSSR count). The van der Waals surface area contributed by atoms with E-state index in [4.69, 9.17) is 9.84 Å². The van der Waals surface area contributed by atoms with Gasteiger partial charge in [-0.05, 0) is 11.1 Å². The number of nitrogens with zero attached hydrogens (tertiary/aromatic N) is 1. The highest BCUT2D eigenvalue weighted by atomic mass is 79.9. The number of H-pyrrole nitrogens is 1. The molecule has 1 fully saturated rings. The highest BCUT2D eigenvalue weighted by Gasteiger charge is 2.27. The summed E-state index contributed by atoms with van der Waals surface area (Å²) in [6, 6.07) is 0. The van der Waals surface area contributed by atoms with Crippen LogP contribution in [0.5, 0.6) is 0 Å². The fourth-order valence-corrected chi connectivity index (χ4v) is 2.80. The summed E-state index contributed by atoms with van der Waals surface area (Å²) in [5, 5.41) is 8.97. The molecule has 2 unspecified atom stereocenters. The Bertz CT molecular complexity index is 568. The second-order valence-electron chi connectivity index (χ2n) is 3.58. The first kappa shape index (κ1) is 13.6. The van der Waals surface area contributed by atoms with Crippen LogP contribution in [0.3, 0.4) is 0 Å². The van der Waals surface area contributed by atoms with Crippen LogP contribution >= 0.6 is 27.7 Å². The molecule has 0 saturated carbocycles. The lowest BCUT2D eigenvalue weighted by Crippen LogP contribution is -2.34. The number of aromatic amines is 1. The van der Waals surface area contributed by atoms with E-state index in [9.17, 15) is 9.59 Å². The Kier molecular flexibility index (Phi) is 4.44. The third-order valence-electron chi connectivity index (χ3n) is 2.43. The minimum Gasteiger partial charge on any atom is -0.393 e. The molecule has 1 aromatic heterocycles. The summed E-state index contributed by atoms with van der Waals surface area (Å²) in [5.74, 6) is 0.550. The van der Waals surface area contributed by atoms with Gasteiger partial charge in [0.1, 0.15) is 11.7 Å². The molecule has 1 aliphatic heterocycles. The van der Waals surface area contributed by atoms with Crippen molar-refractivity contribution < 1.29 is 9.84 Å². The first-order valence-electron chi connectivity index (χ1n) is 5.16. The molecule has 0 aromatic carbocycles. The summed E-state index contributed by atoms with van der Waals surface area (Å²) in [7, 11) is 0. The van der Waals surface area contributed by atoms with Crippen LogP contribution in [0, 0.1) is 0 Å². The molecule has 98 valence electrons. The molecule has 0 amide bonds. The highest BCUT2D eigenvalue weighted by molar-refractivity contribution is 9.11. The molecule has 1 aliphatic rings. The van der Waals surface area contributed by atoms with Gasteiger partial charge in [0.25, 0.3) is 5.56 Å². The van der Waals surface area contributed by atoms with Crippen molar-refractivity contribution in [3.05, 3.63) is 37.6 Å². The Balaban J connectivity index is 2.36. The smallest absolute Gasteiger partial charge is 0.330 e. The maximum absolute atomic E-state index is 11.7. The Morgan fingerprint density at radius 1 is 1.67 bits per heavy atom. The Labute approximate surface area is 115 Å². The Hall–Kier alpha value is -0.830. The normalized spacial score (nSPS) is 23.9. The summed E-state index contributed by atoms with van der Waals surface area (Å²) in [4.78, 5) is 27.0. The molecular formula is C10H11BrN2O4S. The second-order valence-corrected chi connectivity index (χ2v) is 5.30. The van der Waals surface area contributed by atoms with Crippen molar-refractivity contribution in [1.29, 1.82) is 0 Å². The largest absolute Gasteiger partial charge is 0.393 e. The molecular weight excluding hydrogens is 324 g/mol. The lowest BCUT2D eigenvalue weighted by molar-refractivity contribution is -0.00643. The van der Waals surface area contributed by atoms with Crippen LogP contribution in [0.4, 0.5) is 0 Å². The standard InChI is InChI=1S/C10H11BrN2O4S/c11-2-1-6-3-13(10(16)12-9(6)15)7-5-18-8(4-14)17-7/h1-3,7-8,14H,4-5H2,(H,12,15,16). The molecule has 1 saturated heterocycles. The van der Waals surface area contributed by atoms with Crippen LogP contribution in [-0.4, -0.2) is 32.5 Å². The van der Waals surface area contributed by atoms with Gasteiger partial charge in [-0.3, -0.25) is 14.3 Å². The minimum absolute atomic E-state index is 0.104. The van der Waals surface area contributed by atoms with Crippen LogP contribution in [0.2, 0.25) is 0 Å². The van der Waals surface area contributed by atoms with Gasteiger partial charge in [-0.15, -0.1) is 11.8 Å². The number of hydrogen-bond acceptors (Lipinski definition) is 5. The molecule has 2 N–H and O–H groups in total. The van der Waals surface area contributed by atoms with Gasteiger partial charge in [0, 0.05) is 11.9 Å². The Morgan fingerprint density at radius 2 is 2.44 bits per heavy atom. The number of ether oxygens (including phenoxy) is 1. The molecule has 0 spiro atoms. The highest BCUT2D eigenvalue weighted by Crippen LogP contribution is 2.30. The molecule has 0 radical (unpaired) electrons. The van der Waals surface area contributed by atoms with Gasteiger partial charge in [-0.25, -0.2) is 4.79 Å². The van der Waals surface area contributed by atoms with Gasteiger partial charge < -0.3 is 9.84 Å². The van der Waals surface area contributed by atoms with Gasteiger partial charge in [0.05, 0.1) is 12.2 Å². The molecule has 6 nitrogen and oxygen atoms in total. The zero-order valence-corrected chi connectivity index (χ0v) is 11.6. The fourth-order valence-electron chi connectivity index (χ4n) is 1.59. The van der Waals surface area contributed by atoms with E-state index in [0.717, 1.165) is 0 Å². The van der Waals surface area contributed by atoms with E-state index in [2.05, 4.69) is 20.9 Å². The van der Waals surface area contributed by atoms with E-state index < -0.39 is 17.5 Å². The number of halogens is 1. The third kappa shape index (κ3) is 2.77. The van der Waals surface area contributed by atoms with Gasteiger partial charge in [0.2, 0.25) is 0 Å². The molecule has 2 heterocycles. The van der Waals surface area contributed by atoms with E-state index in [1.54, 1.807) is 6.08 Å². The van der Waals surface area contributed by atoms with E-state index >= 15 is 0 Å². The molecule has 0 bridgehead atoms. The first-order chi connectivity index (χ1) is 8.65. The van der Waals surface area contributed by atoms with E-state index in [1.165, 1.54) is 27.5 Å². The van der Waals surface area contributed by atoms with E-state index in [-0.39, 0.29) is 12.0 Å². The number of rotatable bonds is 3. The SMILES string of the molecule is O=c1[nH]c(=O)n(C2CSC(CO)O2)cc1C=CBr. The summed E-state index contributed by atoms with van der Waals surface area (Å²) in [6.07, 6.45) is 2.52. The molecule has 2 atom stereocenters. The van der Waals surface area contributed by atoms with Crippen molar-refractivity contribution in [3.63, 3.8) is 0 Å². The molecule has 0 aliphatic carbocycles. The summed E-state index contributed by atoms with van der Waals surface area (Å²) < 4.78 is 6.79. The van der Waals surface area contributed by atoms with Gasteiger partial charge in [-0.1, -0.05) is 15.9 Å². The summed E-state index contributed by atoms with van der Waals surface area (Å²) in [5.41, 5.74) is -0.941. The lowest BCUT2D eigenvalue weighted by atomic mass is 10.3. The van der Waals surface area contributed by atoms with Crippen molar-refractivity contribution in [2.45, 2.75) is 11.7 Å². The quantitative estimate of drug-likeness (QED) is 0.840. The summed E-state index contributed by atoms with van der Waals surface area (Å²) >= 11 is 4.50. The van der Waals surface area contributed by atoms with Gasteiger partial charge in [0.15, 0.2) is 0 Å². The predicted octanol–water partition coefficient (Wildman–Crippen LogP) is 0.483. The predicted molar refractivity (Wildman–Crippen MR) is 72.7 cm³/mol. The number of thioether (sulfide) groups is 1. The van der Waals surface area contributed by atoms with Gasteiger partial charge >= 0.3 is 5.69 Å². The molecule has 8 heteroatoms. The fraction of sp³-hybridized carbons (Fsp3) is 0.400. The minimum atomic E-state index is -0.518. The first-order valence-corrected chi connectivity index (χ1v) is 7.12.